The van der Waals surface area contributed by atoms with Crippen LogP contribution in [0.5, 0.6) is 0 Å². The van der Waals surface area contributed by atoms with E-state index in [0.717, 1.165) is 38.0 Å². The Morgan fingerprint density at radius 2 is 2.00 bits per heavy atom. The van der Waals surface area contributed by atoms with E-state index in [-0.39, 0.29) is 24.5 Å². The molecule has 0 aliphatic carbocycles. The summed E-state index contributed by atoms with van der Waals surface area (Å²) in [4.78, 5) is 26.6. The van der Waals surface area contributed by atoms with Crippen LogP contribution in [0.4, 0.5) is 11.4 Å². The Morgan fingerprint density at radius 1 is 1.29 bits per heavy atom. The van der Waals surface area contributed by atoms with Crippen LogP contribution in [-0.4, -0.2) is 44.7 Å². The Labute approximate surface area is 143 Å². The van der Waals surface area contributed by atoms with Crippen LogP contribution in [-0.2, 0) is 9.53 Å². The largest absolute Gasteiger partial charge is 0.375 e. The zero-order chi connectivity index (χ0) is 17.5. The molecule has 0 saturated carbocycles. The lowest BCUT2D eigenvalue weighted by Crippen LogP contribution is -2.33. The minimum Gasteiger partial charge on any atom is -0.375 e. The summed E-state index contributed by atoms with van der Waals surface area (Å²) in [5.74, 6) is -0.339. The molecular weight excluding hydrogens is 306 g/mol. The van der Waals surface area contributed by atoms with E-state index in [4.69, 9.17) is 4.74 Å². The molecule has 2 N–H and O–H groups in total. The van der Waals surface area contributed by atoms with Crippen molar-refractivity contribution in [1.82, 2.24) is 5.32 Å². The number of carbonyl (C=O) groups is 2. The zero-order valence-electron chi connectivity index (χ0n) is 14.7. The number of ether oxygens (including phenoxy) is 1. The summed E-state index contributed by atoms with van der Waals surface area (Å²) < 4.78 is 4.83. The zero-order valence-corrected chi connectivity index (χ0v) is 14.7. The second kappa shape index (κ2) is 8.68. The lowest BCUT2D eigenvalue weighted by atomic mass is 10.1. The van der Waals surface area contributed by atoms with Crippen molar-refractivity contribution in [2.45, 2.75) is 39.2 Å². The van der Waals surface area contributed by atoms with E-state index < -0.39 is 0 Å². The standard InChI is InChI=1S/C18H27N3O3/c1-4-13(2)19-18(23)15-11-14(20-17(22)12-24-3)7-8-16(15)21-9-5-6-10-21/h7-8,11,13H,4-6,9-10,12H2,1-3H3,(H,19,23)(H,20,22)/t13-/m0/s1. The van der Waals surface area contributed by atoms with Gasteiger partial charge in [-0.3, -0.25) is 9.59 Å². The normalized spacial score (nSPS) is 15.2. The van der Waals surface area contributed by atoms with Crippen molar-refractivity contribution in [2.24, 2.45) is 0 Å². The molecule has 6 heteroatoms. The maximum absolute atomic E-state index is 12.7. The summed E-state index contributed by atoms with van der Waals surface area (Å²) >= 11 is 0. The fourth-order valence-corrected chi connectivity index (χ4v) is 2.76. The summed E-state index contributed by atoms with van der Waals surface area (Å²) in [6.45, 7) is 5.92. The Hall–Kier alpha value is -2.08. The van der Waals surface area contributed by atoms with E-state index in [1.54, 1.807) is 6.07 Å². The molecule has 1 aliphatic rings. The molecule has 1 saturated heterocycles. The van der Waals surface area contributed by atoms with Crippen molar-refractivity contribution in [3.8, 4) is 0 Å². The summed E-state index contributed by atoms with van der Waals surface area (Å²) in [6, 6.07) is 5.61. The number of anilines is 2. The van der Waals surface area contributed by atoms with E-state index in [2.05, 4.69) is 15.5 Å². The van der Waals surface area contributed by atoms with Gasteiger partial charge in [0.2, 0.25) is 5.91 Å². The molecule has 1 fully saturated rings. The van der Waals surface area contributed by atoms with Crippen molar-refractivity contribution in [2.75, 3.05) is 37.0 Å². The monoisotopic (exact) mass is 333 g/mol. The first-order valence-electron chi connectivity index (χ1n) is 8.53. The number of methoxy groups -OCH3 is 1. The number of carbonyl (C=O) groups excluding carboxylic acids is 2. The highest BCUT2D eigenvalue weighted by Crippen LogP contribution is 2.27. The molecule has 1 aromatic rings. The van der Waals surface area contributed by atoms with E-state index in [0.29, 0.717) is 11.3 Å². The molecule has 1 atom stereocenters. The molecule has 132 valence electrons. The molecule has 0 unspecified atom stereocenters. The SMILES string of the molecule is CC[C@H](C)NC(=O)c1cc(NC(=O)COC)ccc1N1CCCC1. The molecule has 2 amide bonds. The van der Waals surface area contributed by atoms with Gasteiger partial charge in [-0.2, -0.15) is 0 Å². The Balaban J connectivity index is 2.26. The average Bonchev–Trinajstić information content (AvgIpc) is 3.09. The van der Waals surface area contributed by atoms with E-state index >= 15 is 0 Å². The highest BCUT2D eigenvalue weighted by atomic mass is 16.5. The number of nitrogens with zero attached hydrogens (tertiary/aromatic N) is 1. The van der Waals surface area contributed by atoms with Gasteiger partial charge in [-0.1, -0.05) is 6.92 Å². The van der Waals surface area contributed by atoms with E-state index in [1.165, 1.54) is 7.11 Å². The van der Waals surface area contributed by atoms with Gasteiger partial charge in [-0.05, 0) is 44.4 Å². The molecule has 0 bridgehead atoms. The average molecular weight is 333 g/mol. The number of hydrogen-bond acceptors (Lipinski definition) is 4. The number of benzene rings is 1. The van der Waals surface area contributed by atoms with Crippen molar-refractivity contribution >= 4 is 23.2 Å². The topological polar surface area (TPSA) is 70.7 Å². The first kappa shape index (κ1) is 18.3. The summed E-state index contributed by atoms with van der Waals surface area (Å²) in [7, 11) is 1.47. The molecule has 0 radical (unpaired) electrons. The third-order valence-corrected chi connectivity index (χ3v) is 4.24. The highest BCUT2D eigenvalue weighted by molar-refractivity contribution is 6.02. The lowest BCUT2D eigenvalue weighted by molar-refractivity contribution is -0.119. The number of rotatable bonds is 7. The third kappa shape index (κ3) is 4.71. The van der Waals surface area contributed by atoms with Gasteiger partial charge >= 0.3 is 0 Å². The third-order valence-electron chi connectivity index (χ3n) is 4.24. The van der Waals surface area contributed by atoms with Crippen LogP contribution in [0.2, 0.25) is 0 Å². The fourth-order valence-electron chi connectivity index (χ4n) is 2.76. The quantitative estimate of drug-likeness (QED) is 0.804. The van der Waals surface area contributed by atoms with E-state index in [9.17, 15) is 9.59 Å². The van der Waals surface area contributed by atoms with Crippen molar-refractivity contribution < 1.29 is 14.3 Å². The molecule has 24 heavy (non-hydrogen) atoms. The Bertz CT molecular complexity index is 583. The van der Waals surface area contributed by atoms with Crippen LogP contribution < -0.4 is 15.5 Å². The van der Waals surface area contributed by atoms with Gasteiger partial charge in [0.25, 0.3) is 5.91 Å². The number of amides is 2. The minimum atomic E-state index is -0.236. The van der Waals surface area contributed by atoms with Gasteiger partial charge in [-0.15, -0.1) is 0 Å². The molecule has 0 spiro atoms. The van der Waals surface area contributed by atoms with Crippen LogP contribution >= 0.6 is 0 Å². The van der Waals surface area contributed by atoms with Gasteiger partial charge < -0.3 is 20.3 Å². The van der Waals surface area contributed by atoms with Crippen molar-refractivity contribution in [1.29, 1.82) is 0 Å². The summed E-state index contributed by atoms with van der Waals surface area (Å²) in [6.07, 6.45) is 3.15. The molecule has 6 nitrogen and oxygen atoms in total. The fraction of sp³-hybridized carbons (Fsp3) is 0.556. The number of hydrogen-bond donors (Lipinski definition) is 2. The van der Waals surface area contributed by atoms with Crippen LogP contribution in [0.15, 0.2) is 18.2 Å². The smallest absolute Gasteiger partial charge is 0.253 e. The van der Waals surface area contributed by atoms with Gasteiger partial charge in [0.1, 0.15) is 6.61 Å². The first-order chi connectivity index (χ1) is 11.5. The maximum Gasteiger partial charge on any atom is 0.253 e. The summed E-state index contributed by atoms with van der Waals surface area (Å²) in [5.41, 5.74) is 2.14. The first-order valence-corrected chi connectivity index (χ1v) is 8.53. The number of nitrogens with one attached hydrogen (secondary N) is 2. The summed E-state index contributed by atoms with van der Waals surface area (Å²) in [5, 5.41) is 5.77. The van der Waals surface area contributed by atoms with Crippen LogP contribution in [0.3, 0.4) is 0 Å². The second-order valence-electron chi connectivity index (χ2n) is 6.19. The van der Waals surface area contributed by atoms with Crippen molar-refractivity contribution in [3.63, 3.8) is 0 Å². The molecule has 0 aromatic heterocycles. The van der Waals surface area contributed by atoms with Crippen LogP contribution in [0.25, 0.3) is 0 Å². The van der Waals surface area contributed by atoms with Gasteiger partial charge in [0, 0.05) is 37.6 Å². The predicted octanol–water partition coefficient (Wildman–Crippen LogP) is 2.40. The van der Waals surface area contributed by atoms with Crippen molar-refractivity contribution in [3.05, 3.63) is 23.8 Å². The molecule has 1 heterocycles. The maximum atomic E-state index is 12.7. The lowest BCUT2D eigenvalue weighted by Gasteiger charge is -2.23. The van der Waals surface area contributed by atoms with Gasteiger partial charge in [0.05, 0.1) is 5.56 Å². The van der Waals surface area contributed by atoms with Gasteiger partial charge in [0.15, 0.2) is 0 Å². The van der Waals surface area contributed by atoms with E-state index in [1.807, 2.05) is 26.0 Å². The Morgan fingerprint density at radius 3 is 2.62 bits per heavy atom. The second-order valence-corrected chi connectivity index (χ2v) is 6.19. The molecule has 1 aliphatic heterocycles. The minimum absolute atomic E-state index is 0.0116. The van der Waals surface area contributed by atoms with Gasteiger partial charge in [-0.25, -0.2) is 0 Å². The molecule has 1 aromatic carbocycles. The van der Waals surface area contributed by atoms with Crippen LogP contribution in [0.1, 0.15) is 43.5 Å². The molecular formula is C18H27N3O3. The predicted molar refractivity (Wildman–Crippen MR) is 95.6 cm³/mol. The highest BCUT2D eigenvalue weighted by Gasteiger charge is 2.21. The van der Waals surface area contributed by atoms with Crippen LogP contribution in [0, 0.1) is 0 Å². The Kier molecular flexibility index (Phi) is 6.61. The molecule has 2 rings (SSSR count).